The lowest BCUT2D eigenvalue weighted by molar-refractivity contribution is -0.118. The van der Waals surface area contributed by atoms with Crippen LogP contribution < -0.4 is 10.2 Å². The van der Waals surface area contributed by atoms with Crippen LogP contribution in [0.4, 0.5) is 11.4 Å². The SMILES string of the molecule is CC(C)C(=O)Nc1ccccc1N1C(=O)c2ccccc2C1=O. The van der Waals surface area contributed by atoms with Gasteiger partial charge in [0.1, 0.15) is 0 Å². The fourth-order valence-corrected chi connectivity index (χ4v) is 2.46. The van der Waals surface area contributed by atoms with Crippen LogP contribution in [0.2, 0.25) is 0 Å². The van der Waals surface area contributed by atoms with Gasteiger partial charge in [-0.25, -0.2) is 4.90 Å². The van der Waals surface area contributed by atoms with E-state index in [1.165, 1.54) is 0 Å². The van der Waals surface area contributed by atoms with E-state index in [1.807, 2.05) is 0 Å². The lowest BCUT2D eigenvalue weighted by Crippen LogP contribution is -2.31. The number of benzene rings is 2. The van der Waals surface area contributed by atoms with Crippen molar-refractivity contribution in [1.29, 1.82) is 0 Å². The highest BCUT2D eigenvalue weighted by molar-refractivity contribution is 6.35. The van der Waals surface area contributed by atoms with Crippen molar-refractivity contribution in [2.75, 3.05) is 10.2 Å². The number of para-hydroxylation sites is 2. The van der Waals surface area contributed by atoms with Crippen LogP contribution in [0.25, 0.3) is 0 Å². The van der Waals surface area contributed by atoms with Gasteiger partial charge in [-0.3, -0.25) is 14.4 Å². The van der Waals surface area contributed by atoms with Gasteiger partial charge in [-0.1, -0.05) is 38.1 Å². The van der Waals surface area contributed by atoms with Crippen LogP contribution in [0, 0.1) is 5.92 Å². The number of carbonyl (C=O) groups is 3. The molecule has 1 aliphatic heterocycles. The Hall–Kier alpha value is -2.95. The molecular formula is C18H16N2O3. The first-order chi connectivity index (χ1) is 11.0. The van der Waals surface area contributed by atoms with E-state index in [0.29, 0.717) is 22.5 Å². The van der Waals surface area contributed by atoms with Gasteiger partial charge in [-0.2, -0.15) is 0 Å². The predicted octanol–water partition coefficient (Wildman–Crippen LogP) is 3.08. The summed E-state index contributed by atoms with van der Waals surface area (Å²) in [6, 6.07) is 13.5. The second-order valence-corrected chi connectivity index (χ2v) is 5.65. The zero-order chi connectivity index (χ0) is 16.6. The van der Waals surface area contributed by atoms with E-state index in [-0.39, 0.29) is 23.6 Å². The first kappa shape index (κ1) is 15.0. The van der Waals surface area contributed by atoms with Crippen LogP contribution in [-0.4, -0.2) is 17.7 Å². The number of hydrogen-bond acceptors (Lipinski definition) is 3. The van der Waals surface area contributed by atoms with Gasteiger partial charge in [0, 0.05) is 5.92 Å². The number of fused-ring (bicyclic) bond motifs is 1. The normalized spacial score (nSPS) is 13.4. The van der Waals surface area contributed by atoms with Crippen LogP contribution in [0.1, 0.15) is 34.6 Å². The summed E-state index contributed by atoms with van der Waals surface area (Å²) < 4.78 is 0. The Morgan fingerprint density at radius 3 is 2.00 bits per heavy atom. The molecule has 1 heterocycles. The molecule has 5 heteroatoms. The van der Waals surface area contributed by atoms with E-state index >= 15 is 0 Å². The molecule has 0 bridgehead atoms. The fourth-order valence-electron chi connectivity index (χ4n) is 2.46. The summed E-state index contributed by atoms with van der Waals surface area (Å²) in [5, 5.41) is 2.77. The molecule has 23 heavy (non-hydrogen) atoms. The third kappa shape index (κ3) is 2.50. The number of rotatable bonds is 3. The van der Waals surface area contributed by atoms with Crippen molar-refractivity contribution in [1.82, 2.24) is 0 Å². The highest BCUT2D eigenvalue weighted by atomic mass is 16.2. The van der Waals surface area contributed by atoms with E-state index < -0.39 is 0 Å². The standard InChI is InChI=1S/C18H16N2O3/c1-11(2)16(21)19-14-9-5-6-10-15(14)20-17(22)12-7-3-4-8-13(12)18(20)23/h3-11H,1-2H3,(H,19,21). The third-order valence-corrected chi connectivity index (χ3v) is 3.72. The first-order valence-electron chi connectivity index (χ1n) is 7.38. The third-order valence-electron chi connectivity index (χ3n) is 3.72. The minimum absolute atomic E-state index is 0.172. The zero-order valence-corrected chi connectivity index (χ0v) is 12.9. The Balaban J connectivity index is 2.02. The molecule has 2 aromatic carbocycles. The quantitative estimate of drug-likeness (QED) is 0.886. The van der Waals surface area contributed by atoms with Gasteiger partial charge in [-0.15, -0.1) is 0 Å². The Morgan fingerprint density at radius 1 is 0.913 bits per heavy atom. The molecule has 0 spiro atoms. The summed E-state index contributed by atoms with van der Waals surface area (Å²) in [5.74, 6) is -1.13. The summed E-state index contributed by atoms with van der Waals surface area (Å²) in [6.45, 7) is 3.56. The molecule has 0 aromatic heterocycles. The van der Waals surface area contributed by atoms with Crippen molar-refractivity contribution in [2.45, 2.75) is 13.8 Å². The van der Waals surface area contributed by atoms with Crippen LogP contribution in [-0.2, 0) is 4.79 Å². The van der Waals surface area contributed by atoms with E-state index in [4.69, 9.17) is 0 Å². The summed E-state index contributed by atoms with van der Waals surface area (Å²) in [4.78, 5) is 38.2. The van der Waals surface area contributed by atoms with Crippen LogP contribution >= 0.6 is 0 Å². The van der Waals surface area contributed by atoms with Gasteiger partial charge in [0.05, 0.1) is 22.5 Å². The highest BCUT2D eigenvalue weighted by Crippen LogP contribution is 2.33. The van der Waals surface area contributed by atoms with Crippen LogP contribution in [0.5, 0.6) is 0 Å². The number of nitrogens with zero attached hydrogens (tertiary/aromatic N) is 1. The lowest BCUT2D eigenvalue weighted by Gasteiger charge is -2.19. The summed E-state index contributed by atoms with van der Waals surface area (Å²) in [7, 11) is 0. The Bertz CT molecular complexity index is 776. The van der Waals surface area contributed by atoms with Crippen molar-refractivity contribution < 1.29 is 14.4 Å². The average Bonchev–Trinajstić information content (AvgIpc) is 2.80. The zero-order valence-electron chi connectivity index (χ0n) is 12.9. The van der Waals surface area contributed by atoms with E-state index in [1.54, 1.807) is 62.4 Å². The number of imide groups is 1. The van der Waals surface area contributed by atoms with Gasteiger partial charge in [-0.05, 0) is 24.3 Å². The predicted molar refractivity (Wildman–Crippen MR) is 87.5 cm³/mol. The van der Waals surface area contributed by atoms with Crippen molar-refractivity contribution in [3.63, 3.8) is 0 Å². The van der Waals surface area contributed by atoms with Gasteiger partial charge in [0.15, 0.2) is 0 Å². The van der Waals surface area contributed by atoms with Crippen LogP contribution in [0.15, 0.2) is 48.5 Å². The summed E-state index contributed by atoms with van der Waals surface area (Å²) in [6.07, 6.45) is 0. The van der Waals surface area contributed by atoms with Crippen molar-refractivity contribution >= 4 is 29.1 Å². The van der Waals surface area contributed by atoms with Gasteiger partial charge in [0.25, 0.3) is 11.8 Å². The molecule has 0 radical (unpaired) electrons. The molecule has 0 unspecified atom stereocenters. The monoisotopic (exact) mass is 308 g/mol. The number of nitrogens with one attached hydrogen (secondary N) is 1. The minimum Gasteiger partial charge on any atom is -0.324 e. The van der Waals surface area contributed by atoms with E-state index in [9.17, 15) is 14.4 Å². The summed E-state index contributed by atoms with van der Waals surface area (Å²) >= 11 is 0. The molecule has 1 N–H and O–H groups in total. The minimum atomic E-state index is -0.378. The molecule has 0 fully saturated rings. The molecule has 3 amide bonds. The van der Waals surface area contributed by atoms with E-state index in [0.717, 1.165) is 4.90 Å². The molecule has 3 rings (SSSR count). The highest BCUT2D eigenvalue weighted by Gasteiger charge is 2.37. The molecule has 0 atom stereocenters. The molecule has 0 saturated heterocycles. The van der Waals surface area contributed by atoms with Gasteiger partial charge >= 0.3 is 0 Å². The maximum Gasteiger partial charge on any atom is 0.266 e. The molecule has 1 aliphatic rings. The average molecular weight is 308 g/mol. The maximum absolute atomic E-state index is 12.6. The van der Waals surface area contributed by atoms with Gasteiger partial charge < -0.3 is 5.32 Å². The smallest absolute Gasteiger partial charge is 0.266 e. The van der Waals surface area contributed by atoms with E-state index in [2.05, 4.69) is 5.32 Å². The Kier molecular flexibility index (Phi) is 3.70. The molecular weight excluding hydrogens is 292 g/mol. The van der Waals surface area contributed by atoms with Gasteiger partial charge in [0.2, 0.25) is 5.91 Å². The number of carbonyl (C=O) groups excluding carboxylic acids is 3. The molecule has 2 aromatic rings. The molecule has 0 saturated carbocycles. The Morgan fingerprint density at radius 2 is 1.43 bits per heavy atom. The largest absolute Gasteiger partial charge is 0.324 e. The van der Waals surface area contributed by atoms with Crippen molar-refractivity contribution in [2.24, 2.45) is 5.92 Å². The number of anilines is 2. The topological polar surface area (TPSA) is 66.5 Å². The van der Waals surface area contributed by atoms with Crippen molar-refractivity contribution in [3.05, 3.63) is 59.7 Å². The Labute approximate surface area is 133 Å². The maximum atomic E-state index is 12.6. The first-order valence-corrected chi connectivity index (χ1v) is 7.38. The molecule has 116 valence electrons. The molecule has 0 aliphatic carbocycles. The van der Waals surface area contributed by atoms with Crippen LogP contribution in [0.3, 0.4) is 0 Å². The second-order valence-electron chi connectivity index (χ2n) is 5.65. The lowest BCUT2D eigenvalue weighted by atomic mass is 10.1. The van der Waals surface area contributed by atoms with Crippen molar-refractivity contribution in [3.8, 4) is 0 Å². The summed E-state index contributed by atoms with van der Waals surface area (Å²) in [5.41, 5.74) is 1.58. The fraction of sp³-hybridized carbons (Fsp3) is 0.167. The second kappa shape index (κ2) is 5.68. The number of amides is 3. The molecule has 5 nitrogen and oxygen atoms in total. The number of hydrogen-bond donors (Lipinski definition) is 1.